The van der Waals surface area contributed by atoms with Crippen LogP contribution in [0, 0.1) is 13.8 Å². The third kappa shape index (κ3) is 6.52. The zero-order chi connectivity index (χ0) is 24.2. The van der Waals surface area contributed by atoms with Crippen molar-refractivity contribution < 1.29 is 17.9 Å². The van der Waals surface area contributed by atoms with Gasteiger partial charge in [0.2, 0.25) is 0 Å². The number of aromatic nitrogens is 2. The summed E-state index contributed by atoms with van der Waals surface area (Å²) in [6.45, 7) is 9.51. The molecule has 0 bridgehead atoms. The molecule has 2 aromatic carbocycles. The van der Waals surface area contributed by atoms with Gasteiger partial charge in [-0.1, -0.05) is 39.0 Å². The molecule has 0 radical (unpaired) electrons. The molecule has 9 heteroatoms. The van der Waals surface area contributed by atoms with Crippen molar-refractivity contribution in [3.63, 3.8) is 0 Å². The molecule has 3 aromatic rings. The Morgan fingerprint density at radius 2 is 1.67 bits per heavy atom. The van der Waals surface area contributed by atoms with Gasteiger partial charge in [-0.25, -0.2) is 18.4 Å². The second kappa shape index (κ2) is 9.58. The molecule has 0 saturated heterocycles. The normalized spacial score (nSPS) is 11.7. The van der Waals surface area contributed by atoms with E-state index in [0.717, 1.165) is 5.56 Å². The van der Waals surface area contributed by atoms with E-state index in [9.17, 15) is 13.2 Å². The number of amides is 1. The lowest BCUT2D eigenvalue weighted by Crippen LogP contribution is -2.22. The highest BCUT2D eigenvalue weighted by Crippen LogP contribution is 2.30. The lowest BCUT2D eigenvalue weighted by Gasteiger charge is -2.22. The van der Waals surface area contributed by atoms with Gasteiger partial charge in [0.05, 0.1) is 4.90 Å². The highest BCUT2D eigenvalue weighted by atomic mass is 32.2. The molecule has 0 aliphatic heterocycles. The van der Waals surface area contributed by atoms with Crippen LogP contribution in [0.25, 0.3) is 0 Å². The van der Waals surface area contributed by atoms with Gasteiger partial charge in [-0.2, -0.15) is 0 Å². The highest BCUT2D eigenvalue weighted by Gasteiger charge is 2.19. The van der Waals surface area contributed by atoms with Gasteiger partial charge in [-0.05, 0) is 55.2 Å². The Morgan fingerprint density at radius 3 is 2.30 bits per heavy atom. The average Bonchev–Trinajstić information content (AvgIpc) is 2.71. The van der Waals surface area contributed by atoms with E-state index in [1.54, 1.807) is 19.9 Å². The predicted molar refractivity (Wildman–Crippen MR) is 128 cm³/mol. The van der Waals surface area contributed by atoms with Gasteiger partial charge in [0, 0.05) is 17.4 Å². The second-order valence-electron chi connectivity index (χ2n) is 8.65. The second-order valence-corrected chi connectivity index (χ2v) is 10.3. The number of nitrogens with zero attached hydrogens (tertiary/aromatic N) is 2. The van der Waals surface area contributed by atoms with Crippen LogP contribution in [0.15, 0.2) is 59.5 Å². The molecule has 0 saturated carbocycles. The van der Waals surface area contributed by atoms with Crippen molar-refractivity contribution in [1.29, 1.82) is 0 Å². The van der Waals surface area contributed by atoms with Crippen LogP contribution in [0.4, 0.5) is 11.5 Å². The maximum Gasteiger partial charge on any atom is 0.263 e. The van der Waals surface area contributed by atoms with Gasteiger partial charge < -0.3 is 10.1 Å². The van der Waals surface area contributed by atoms with E-state index in [1.165, 1.54) is 24.3 Å². The fraction of sp³-hybridized carbons (Fsp3) is 0.292. The minimum atomic E-state index is -3.83. The Kier molecular flexibility index (Phi) is 7.02. The van der Waals surface area contributed by atoms with Crippen molar-refractivity contribution in [2.24, 2.45) is 0 Å². The maximum atomic E-state index is 12.7. The smallest absolute Gasteiger partial charge is 0.263 e. The fourth-order valence-corrected chi connectivity index (χ4v) is 4.23. The summed E-state index contributed by atoms with van der Waals surface area (Å²) in [7, 11) is -3.83. The van der Waals surface area contributed by atoms with Crippen molar-refractivity contribution >= 4 is 27.4 Å². The number of hydrogen-bond donors (Lipinski definition) is 2. The number of ether oxygens (including phenoxy) is 1. The van der Waals surface area contributed by atoms with Crippen molar-refractivity contribution in [1.82, 2.24) is 9.97 Å². The summed E-state index contributed by atoms with van der Waals surface area (Å²) in [5.74, 6) is 0.977. The van der Waals surface area contributed by atoms with Gasteiger partial charge in [-0.3, -0.25) is 9.52 Å². The minimum Gasteiger partial charge on any atom is -0.483 e. The molecule has 3 rings (SSSR count). The van der Waals surface area contributed by atoms with Crippen LogP contribution in [0.2, 0.25) is 0 Å². The van der Waals surface area contributed by atoms with Crippen LogP contribution in [0.5, 0.6) is 5.75 Å². The van der Waals surface area contributed by atoms with E-state index < -0.39 is 10.0 Å². The number of carbonyl (C=O) groups is 1. The largest absolute Gasteiger partial charge is 0.483 e. The predicted octanol–water partition coefficient (Wildman–Crippen LogP) is 4.21. The number of anilines is 2. The van der Waals surface area contributed by atoms with Crippen molar-refractivity contribution in [2.75, 3.05) is 16.6 Å². The molecule has 2 N–H and O–H groups in total. The summed E-state index contributed by atoms with van der Waals surface area (Å²) in [5.41, 5.74) is 2.01. The van der Waals surface area contributed by atoms with E-state index in [-0.39, 0.29) is 28.6 Å². The quantitative estimate of drug-likeness (QED) is 0.537. The molecular weight excluding hydrogens is 440 g/mol. The molecular formula is C24H28N4O4S. The highest BCUT2D eigenvalue weighted by molar-refractivity contribution is 7.92. The van der Waals surface area contributed by atoms with Gasteiger partial charge in [0.15, 0.2) is 6.61 Å². The third-order valence-corrected chi connectivity index (χ3v) is 6.08. The number of aryl methyl sites for hydroxylation is 2. The SMILES string of the molecule is Cc1cc(NS(=O)(=O)c2ccc(NC(=O)COc3ccccc3C(C)(C)C)cc2)nc(C)n1. The summed E-state index contributed by atoms with van der Waals surface area (Å²) in [5, 5.41) is 2.71. The molecule has 0 fully saturated rings. The average molecular weight is 469 g/mol. The van der Waals surface area contributed by atoms with Crippen LogP contribution >= 0.6 is 0 Å². The number of hydrogen-bond acceptors (Lipinski definition) is 6. The molecule has 0 unspecified atom stereocenters. The monoisotopic (exact) mass is 468 g/mol. The van der Waals surface area contributed by atoms with E-state index in [1.807, 2.05) is 24.3 Å². The topological polar surface area (TPSA) is 110 Å². The summed E-state index contributed by atoms with van der Waals surface area (Å²) in [6, 6.07) is 15.0. The molecule has 0 atom stereocenters. The van der Waals surface area contributed by atoms with Crippen LogP contribution in [-0.2, 0) is 20.2 Å². The first-order chi connectivity index (χ1) is 15.4. The Hall–Kier alpha value is -3.46. The molecule has 1 amide bonds. The number of sulfonamides is 1. The Morgan fingerprint density at radius 1 is 1.00 bits per heavy atom. The fourth-order valence-electron chi connectivity index (χ4n) is 3.24. The summed E-state index contributed by atoms with van der Waals surface area (Å²) < 4.78 is 33.5. The Bertz CT molecular complexity index is 1230. The van der Waals surface area contributed by atoms with Crippen molar-refractivity contribution in [3.8, 4) is 5.75 Å². The number of rotatable bonds is 7. The first kappa shape index (κ1) is 24.2. The van der Waals surface area contributed by atoms with Gasteiger partial charge in [-0.15, -0.1) is 0 Å². The Labute approximate surface area is 194 Å². The lowest BCUT2D eigenvalue weighted by atomic mass is 9.86. The number of para-hydroxylation sites is 1. The first-order valence-electron chi connectivity index (χ1n) is 10.4. The molecule has 1 heterocycles. The van der Waals surface area contributed by atoms with Crippen LogP contribution in [0.1, 0.15) is 37.9 Å². The molecule has 0 aliphatic carbocycles. The van der Waals surface area contributed by atoms with E-state index in [0.29, 0.717) is 23.0 Å². The zero-order valence-electron chi connectivity index (χ0n) is 19.3. The van der Waals surface area contributed by atoms with E-state index in [2.05, 4.69) is 40.8 Å². The molecule has 33 heavy (non-hydrogen) atoms. The minimum absolute atomic E-state index is 0.0461. The summed E-state index contributed by atoms with van der Waals surface area (Å²) in [6.07, 6.45) is 0. The number of benzene rings is 2. The Balaban J connectivity index is 1.63. The van der Waals surface area contributed by atoms with Crippen molar-refractivity contribution in [3.05, 3.63) is 71.7 Å². The summed E-state index contributed by atoms with van der Waals surface area (Å²) >= 11 is 0. The summed E-state index contributed by atoms with van der Waals surface area (Å²) in [4.78, 5) is 20.6. The van der Waals surface area contributed by atoms with E-state index in [4.69, 9.17) is 4.74 Å². The molecule has 1 aromatic heterocycles. The standard InChI is InChI=1S/C24H28N4O4S/c1-16-14-22(26-17(2)25-16)28-33(30,31)19-12-10-18(11-13-19)27-23(29)15-32-21-9-7-6-8-20(21)24(3,4)5/h6-14H,15H2,1-5H3,(H,27,29)(H,25,26,28). The number of nitrogens with one attached hydrogen (secondary N) is 2. The first-order valence-corrected chi connectivity index (χ1v) is 11.9. The van der Waals surface area contributed by atoms with Crippen molar-refractivity contribution in [2.45, 2.75) is 44.9 Å². The van der Waals surface area contributed by atoms with Crippen LogP contribution in [-0.4, -0.2) is 30.9 Å². The van der Waals surface area contributed by atoms with Crippen LogP contribution in [0.3, 0.4) is 0 Å². The van der Waals surface area contributed by atoms with Gasteiger partial charge in [0.25, 0.3) is 15.9 Å². The van der Waals surface area contributed by atoms with E-state index >= 15 is 0 Å². The molecule has 8 nitrogen and oxygen atoms in total. The number of carbonyl (C=O) groups excluding carboxylic acids is 1. The van der Waals surface area contributed by atoms with Gasteiger partial charge in [0.1, 0.15) is 17.4 Å². The molecule has 174 valence electrons. The molecule has 0 aliphatic rings. The zero-order valence-corrected chi connectivity index (χ0v) is 20.2. The van der Waals surface area contributed by atoms with Crippen LogP contribution < -0.4 is 14.8 Å². The maximum absolute atomic E-state index is 12.7. The van der Waals surface area contributed by atoms with Gasteiger partial charge >= 0.3 is 0 Å². The molecule has 0 spiro atoms. The third-order valence-electron chi connectivity index (χ3n) is 4.71. The lowest BCUT2D eigenvalue weighted by molar-refractivity contribution is -0.118.